The van der Waals surface area contributed by atoms with Gasteiger partial charge in [-0.25, -0.2) is 0 Å². The molecule has 1 aliphatic heterocycles. The van der Waals surface area contributed by atoms with Crippen molar-refractivity contribution in [2.75, 3.05) is 18.8 Å². The lowest BCUT2D eigenvalue weighted by Crippen LogP contribution is -2.29. The van der Waals surface area contributed by atoms with Gasteiger partial charge in [0.1, 0.15) is 0 Å². The van der Waals surface area contributed by atoms with Crippen LogP contribution < -0.4 is 5.73 Å². The van der Waals surface area contributed by atoms with Gasteiger partial charge in [0.15, 0.2) is 5.69 Å². The van der Waals surface area contributed by atoms with Gasteiger partial charge in [-0.15, -0.1) is 0 Å². The summed E-state index contributed by atoms with van der Waals surface area (Å²) in [7, 11) is 0. The molecule has 1 fully saturated rings. The number of H-pyrrole nitrogens is 1. The van der Waals surface area contributed by atoms with Crippen molar-refractivity contribution in [2.24, 2.45) is 5.92 Å². The van der Waals surface area contributed by atoms with E-state index in [9.17, 15) is 4.79 Å². The molecule has 0 aromatic carbocycles. The van der Waals surface area contributed by atoms with Crippen molar-refractivity contribution in [3.8, 4) is 0 Å². The summed E-state index contributed by atoms with van der Waals surface area (Å²) >= 11 is 0. The van der Waals surface area contributed by atoms with E-state index >= 15 is 0 Å². The first-order valence-electron chi connectivity index (χ1n) is 6.67. The van der Waals surface area contributed by atoms with E-state index in [1.165, 1.54) is 0 Å². The Bertz CT molecular complexity index is 438. The number of hydrogen-bond acceptors (Lipinski definition) is 3. The Morgan fingerprint density at radius 2 is 2.33 bits per heavy atom. The van der Waals surface area contributed by atoms with E-state index < -0.39 is 0 Å². The van der Waals surface area contributed by atoms with E-state index in [-0.39, 0.29) is 11.8 Å². The Morgan fingerprint density at radius 3 is 2.83 bits per heavy atom. The zero-order chi connectivity index (χ0) is 13.3. The number of likely N-dealkylation sites (tertiary alicyclic amines) is 1. The van der Waals surface area contributed by atoms with Crippen molar-refractivity contribution in [1.82, 2.24) is 15.1 Å². The molecule has 1 amide bonds. The van der Waals surface area contributed by atoms with Gasteiger partial charge in [-0.2, -0.15) is 5.10 Å². The minimum atomic E-state index is -0.0356. The van der Waals surface area contributed by atoms with E-state index in [2.05, 4.69) is 17.1 Å². The fourth-order valence-corrected chi connectivity index (χ4v) is 2.47. The fraction of sp³-hybridized carbons (Fsp3) is 0.692. The van der Waals surface area contributed by atoms with Crippen molar-refractivity contribution in [3.05, 3.63) is 11.4 Å². The largest absolute Gasteiger partial charge is 0.395 e. The van der Waals surface area contributed by atoms with E-state index in [4.69, 9.17) is 5.73 Å². The molecule has 0 saturated carbocycles. The number of nitrogens with zero attached hydrogens (tertiary/aromatic N) is 2. The van der Waals surface area contributed by atoms with Gasteiger partial charge >= 0.3 is 0 Å². The van der Waals surface area contributed by atoms with Crippen LogP contribution in [0.2, 0.25) is 0 Å². The van der Waals surface area contributed by atoms with Crippen LogP contribution in [0.3, 0.4) is 0 Å². The van der Waals surface area contributed by atoms with Crippen molar-refractivity contribution in [3.63, 3.8) is 0 Å². The van der Waals surface area contributed by atoms with Crippen LogP contribution in [0.5, 0.6) is 0 Å². The highest BCUT2D eigenvalue weighted by Crippen LogP contribution is 2.26. The Morgan fingerprint density at radius 1 is 1.61 bits per heavy atom. The van der Waals surface area contributed by atoms with Crippen LogP contribution >= 0.6 is 0 Å². The standard InChI is InChI=1S/C13H22N4O/c1-4-9-5-6-17(7-9)13(18)12-10(14)11(8(2)3)15-16-12/h8-9H,4-7,14H2,1-3H3,(H,15,16). The molecule has 1 saturated heterocycles. The number of aromatic nitrogens is 2. The summed E-state index contributed by atoms with van der Waals surface area (Å²) in [5, 5.41) is 6.97. The topological polar surface area (TPSA) is 75.0 Å². The van der Waals surface area contributed by atoms with Crippen LogP contribution in [-0.4, -0.2) is 34.1 Å². The first-order valence-corrected chi connectivity index (χ1v) is 6.67. The van der Waals surface area contributed by atoms with Gasteiger partial charge < -0.3 is 10.6 Å². The summed E-state index contributed by atoms with van der Waals surface area (Å²) in [6.07, 6.45) is 2.21. The Hall–Kier alpha value is -1.52. The normalized spacial score (nSPS) is 19.8. The number of carbonyl (C=O) groups is 1. The predicted octanol–water partition coefficient (Wildman–Crippen LogP) is 1.99. The van der Waals surface area contributed by atoms with Crippen LogP contribution in [0.15, 0.2) is 0 Å². The zero-order valence-corrected chi connectivity index (χ0v) is 11.4. The number of carbonyl (C=O) groups excluding carboxylic acids is 1. The summed E-state index contributed by atoms with van der Waals surface area (Å²) in [4.78, 5) is 14.2. The molecule has 5 nitrogen and oxygen atoms in total. The highest BCUT2D eigenvalue weighted by atomic mass is 16.2. The second-order valence-corrected chi connectivity index (χ2v) is 5.37. The summed E-state index contributed by atoms with van der Waals surface area (Å²) in [6.45, 7) is 7.87. The smallest absolute Gasteiger partial charge is 0.276 e. The summed E-state index contributed by atoms with van der Waals surface area (Å²) in [5.74, 6) is 0.839. The van der Waals surface area contributed by atoms with Crippen molar-refractivity contribution in [1.29, 1.82) is 0 Å². The van der Waals surface area contributed by atoms with E-state index in [1.807, 2.05) is 18.7 Å². The van der Waals surface area contributed by atoms with Crippen LogP contribution in [0, 0.1) is 5.92 Å². The number of nitrogens with two attached hydrogens (primary N) is 1. The molecule has 5 heteroatoms. The Kier molecular flexibility index (Phi) is 3.59. The maximum absolute atomic E-state index is 12.3. The third kappa shape index (κ3) is 2.21. The molecule has 100 valence electrons. The zero-order valence-electron chi connectivity index (χ0n) is 11.4. The summed E-state index contributed by atoms with van der Waals surface area (Å²) in [5.41, 5.74) is 7.74. The van der Waals surface area contributed by atoms with Gasteiger partial charge in [0, 0.05) is 13.1 Å². The molecule has 18 heavy (non-hydrogen) atoms. The highest BCUT2D eigenvalue weighted by molar-refractivity contribution is 5.97. The molecule has 1 atom stereocenters. The minimum Gasteiger partial charge on any atom is -0.395 e. The lowest BCUT2D eigenvalue weighted by Gasteiger charge is -2.15. The fourth-order valence-electron chi connectivity index (χ4n) is 2.47. The first kappa shape index (κ1) is 12.9. The Balaban J connectivity index is 2.15. The van der Waals surface area contributed by atoms with Gasteiger partial charge in [-0.3, -0.25) is 9.89 Å². The number of amides is 1. The lowest BCUT2D eigenvalue weighted by molar-refractivity contribution is 0.0782. The lowest BCUT2D eigenvalue weighted by atomic mass is 10.1. The number of aromatic amines is 1. The molecule has 2 rings (SSSR count). The quantitative estimate of drug-likeness (QED) is 0.861. The van der Waals surface area contributed by atoms with E-state index in [0.29, 0.717) is 17.3 Å². The number of nitrogens with one attached hydrogen (secondary N) is 1. The molecular weight excluding hydrogens is 228 g/mol. The monoisotopic (exact) mass is 250 g/mol. The third-order valence-corrected chi connectivity index (χ3v) is 3.76. The average Bonchev–Trinajstić information content (AvgIpc) is 2.94. The van der Waals surface area contributed by atoms with Crippen LogP contribution in [-0.2, 0) is 0 Å². The number of rotatable bonds is 3. The summed E-state index contributed by atoms with van der Waals surface area (Å²) < 4.78 is 0. The van der Waals surface area contributed by atoms with Gasteiger partial charge in [-0.1, -0.05) is 27.2 Å². The first-order chi connectivity index (χ1) is 8.54. The van der Waals surface area contributed by atoms with Crippen LogP contribution in [0.1, 0.15) is 55.7 Å². The molecule has 1 aromatic rings. The number of anilines is 1. The third-order valence-electron chi connectivity index (χ3n) is 3.76. The molecule has 0 bridgehead atoms. The predicted molar refractivity (Wildman–Crippen MR) is 71.4 cm³/mol. The SMILES string of the molecule is CCC1CCN(C(=O)c2n[nH]c(C(C)C)c2N)C1. The van der Waals surface area contributed by atoms with Gasteiger partial charge in [0.2, 0.25) is 0 Å². The molecule has 1 aliphatic rings. The van der Waals surface area contributed by atoms with Gasteiger partial charge in [-0.05, 0) is 18.3 Å². The van der Waals surface area contributed by atoms with Crippen molar-refractivity contribution in [2.45, 2.75) is 39.5 Å². The number of hydrogen-bond donors (Lipinski definition) is 2. The molecular formula is C13H22N4O. The maximum atomic E-state index is 12.3. The highest BCUT2D eigenvalue weighted by Gasteiger charge is 2.29. The minimum absolute atomic E-state index is 0.0356. The molecule has 0 aliphatic carbocycles. The molecule has 1 aromatic heterocycles. The second kappa shape index (κ2) is 5.00. The van der Waals surface area contributed by atoms with Crippen LogP contribution in [0.25, 0.3) is 0 Å². The molecule has 2 heterocycles. The van der Waals surface area contributed by atoms with Crippen LogP contribution in [0.4, 0.5) is 5.69 Å². The van der Waals surface area contributed by atoms with E-state index in [1.54, 1.807) is 0 Å². The second-order valence-electron chi connectivity index (χ2n) is 5.37. The van der Waals surface area contributed by atoms with Gasteiger partial charge in [0.05, 0.1) is 11.4 Å². The summed E-state index contributed by atoms with van der Waals surface area (Å²) in [6, 6.07) is 0. The number of nitrogen functional groups attached to an aromatic ring is 1. The average molecular weight is 250 g/mol. The van der Waals surface area contributed by atoms with E-state index in [0.717, 1.165) is 31.6 Å². The maximum Gasteiger partial charge on any atom is 0.276 e. The molecule has 0 spiro atoms. The van der Waals surface area contributed by atoms with Gasteiger partial charge in [0.25, 0.3) is 5.91 Å². The molecule has 3 N–H and O–H groups in total. The van der Waals surface area contributed by atoms with Crippen molar-refractivity contribution < 1.29 is 4.79 Å². The molecule has 0 radical (unpaired) electrons. The Labute approximate surface area is 108 Å². The molecule has 1 unspecified atom stereocenters. The van der Waals surface area contributed by atoms with Crippen molar-refractivity contribution >= 4 is 11.6 Å².